The van der Waals surface area contributed by atoms with Gasteiger partial charge in [-0.15, -0.1) is 11.3 Å². The molecule has 5 nitrogen and oxygen atoms in total. The minimum Gasteiger partial charge on any atom is -0.469 e. The third-order valence-corrected chi connectivity index (χ3v) is 5.81. The summed E-state index contributed by atoms with van der Waals surface area (Å²) in [5.41, 5.74) is 1.35. The van der Waals surface area contributed by atoms with E-state index in [-0.39, 0.29) is 5.56 Å². The van der Waals surface area contributed by atoms with Crippen molar-refractivity contribution in [1.29, 1.82) is 0 Å². The van der Waals surface area contributed by atoms with Crippen LogP contribution in [0.5, 0.6) is 0 Å². The SMILES string of the molecule is CCn1c(NCCc2ccco2)nc2sc3c(c2c1=O)CCCC3. The first-order valence-corrected chi connectivity index (χ1v) is 9.41. The smallest absolute Gasteiger partial charge is 0.263 e. The van der Waals surface area contributed by atoms with E-state index < -0.39 is 0 Å². The second-order valence-electron chi connectivity index (χ2n) is 6.13. The van der Waals surface area contributed by atoms with Gasteiger partial charge in [-0.3, -0.25) is 9.36 Å². The number of thiophene rings is 1. The predicted octanol–water partition coefficient (Wildman–Crippen LogP) is 3.60. The summed E-state index contributed by atoms with van der Waals surface area (Å²) in [5.74, 6) is 1.60. The maximum atomic E-state index is 13.0. The average molecular weight is 343 g/mol. The molecule has 0 atom stereocenters. The van der Waals surface area contributed by atoms with Gasteiger partial charge in [0, 0.05) is 24.4 Å². The number of aryl methyl sites for hydroxylation is 2. The number of nitrogens with one attached hydrogen (secondary N) is 1. The van der Waals surface area contributed by atoms with Crippen LogP contribution in [-0.2, 0) is 25.8 Å². The lowest BCUT2D eigenvalue weighted by Crippen LogP contribution is -2.25. The summed E-state index contributed by atoms with van der Waals surface area (Å²) >= 11 is 1.70. The van der Waals surface area contributed by atoms with Gasteiger partial charge in [0.1, 0.15) is 10.6 Å². The zero-order valence-corrected chi connectivity index (χ0v) is 14.6. The van der Waals surface area contributed by atoms with Gasteiger partial charge in [0.25, 0.3) is 5.56 Å². The molecule has 0 radical (unpaired) electrons. The Morgan fingerprint density at radius 2 is 2.25 bits per heavy atom. The van der Waals surface area contributed by atoms with Gasteiger partial charge in [0.05, 0.1) is 11.6 Å². The van der Waals surface area contributed by atoms with Gasteiger partial charge in [-0.05, 0) is 50.3 Å². The van der Waals surface area contributed by atoms with Crippen molar-refractivity contribution in [2.24, 2.45) is 0 Å². The first kappa shape index (κ1) is 15.4. The molecule has 0 saturated carbocycles. The van der Waals surface area contributed by atoms with Crippen LogP contribution in [0.2, 0.25) is 0 Å². The quantitative estimate of drug-likeness (QED) is 0.769. The Balaban J connectivity index is 1.68. The highest BCUT2D eigenvalue weighted by molar-refractivity contribution is 7.18. The fraction of sp³-hybridized carbons (Fsp3) is 0.444. The Morgan fingerprint density at radius 3 is 3.04 bits per heavy atom. The molecule has 1 aliphatic carbocycles. The minimum atomic E-state index is 0.0994. The van der Waals surface area contributed by atoms with Gasteiger partial charge in [-0.1, -0.05) is 0 Å². The Labute approximate surface area is 144 Å². The highest BCUT2D eigenvalue weighted by Crippen LogP contribution is 2.34. The van der Waals surface area contributed by atoms with Crippen molar-refractivity contribution in [1.82, 2.24) is 9.55 Å². The first-order chi connectivity index (χ1) is 11.8. The number of hydrogen-bond donors (Lipinski definition) is 1. The van der Waals surface area contributed by atoms with Gasteiger partial charge in [0.2, 0.25) is 5.95 Å². The monoisotopic (exact) mass is 343 g/mol. The van der Waals surface area contributed by atoms with Crippen LogP contribution in [-0.4, -0.2) is 16.1 Å². The van der Waals surface area contributed by atoms with E-state index in [2.05, 4.69) is 5.32 Å². The van der Waals surface area contributed by atoms with Crippen molar-refractivity contribution in [2.75, 3.05) is 11.9 Å². The second-order valence-corrected chi connectivity index (χ2v) is 7.22. The maximum Gasteiger partial charge on any atom is 0.263 e. The van der Waals surface area contributed by atoms with Gasteiger partial charge in [-0.25, -0.2) is 4.98 Å². The largest absolute Gasteiger partial charge is 0.469 e. The Hall–Kier alpha value is -2.08. The molecule has 1 aliphatic rings. The highest BCUT2D eigenvalue weighted by atomic mass is 32.1. The van der Waals surface area contributed by atoms with Crippen molar-refractivity contribution in [3.05, 3.63) is 45.0 Å². The molecule has 3 heterocycles. The Kier molecular flexibility index (Phi) is 4.14. The van der Waals surface area contributed by atoms with E-state index in [9.17, 15) is 4.79 Å². The van der Waals surface area contributed by atoms with Crippen LogP contribution in [0.3, 0.4) is 0 Å². The van der Waals surface area contributed by atoms with Crippen LogP contribution in [0.25, 0.3) is 10.2 Å². The van der Waals surface area contributed by atoms with Gasteiger partial charge in [-0.2, -0.15) is 0 Å². The Morgan fingerprint density at radius 1 is 1.38 bits per heavy atom. The molecule has 126 valence electrons. The van der Waals surface area contributed by atoms with Crippen molar-refractivity contribution < 1.29 is 4.42 Å². The third-order valence-electron chi connectivity index (χ3n) is 4.63. The summed E-state index contributed by atoms with van der Waals surface area (Å²) in [7, 11) is 0. The summed E-state index contributed by atoms with van der Waals surface area (Å²) in [5, 5.41) is 4.17. The second kappa shape index (κ2) is 6.43. The number of aromatic nitrogens is 2. The first-order valence-electron chi connectivity index (χ1n) is 8.59. The number of nitrogens with zero attached hydrogens (tertiary/aromatic N) is 2. The summed E-state index contributed by atoms with van der Waals surface area (Å²) in [4.78, 5) is 20.0. The van der Waals surface area contributed by atoms with Crippen LogP contribution in [0.15, 0.2) is 27.6 Å². The van der Waals surface area contributed by atoms with Crippen molar-refractivity contribution in [3.8, 4) is 0 Å². The third kappa shape index (κ3) is 2.65. The van der Waals surface area contributed by atoms with E-state index in [1.807, 2.05) is 19.1 Å². The molecule has 0 aliphatic heterocycles. The predicted molar refractivity (Wildman–Crippen MR) is 97.1 cm³/mol. The molecule has 4 rings (SSSR count). The van der Waals surface area contributed by atoms with Crippen LogP contribution in [0, 0.1) is 0 Å². The van der Waals surface area contributed by atoms with Crippen molar-refractivity contribution >= 4 is 27.5 Å². The molecule has 3 aromatic rings. The summed E-state index contributed by atoms with van der Waals surface area (Å²) in [6.45, 7) is 3.30. The molecule has 0 unspecified atom stereocenters. The topological polar surface area (TPSA) is 60.1 Å². The van der Waals surface area contributed by atoms with Crippen molar-refractivity contribution in [2.45, 2.75) is 45.6 Å². The lowest BCUT2D eigenvalue weighted by Gasteiger charge is -2.13. The van der Waals surface area contributed by atoms with Gasteiger partial charge >= 0.3 is 0 Å². The molecule has 0 fully saturated rings. The molecule has 6 heteroatoms. The number of furan rings is 1. The molecule has 24 heavy (non-hydrogen) atoms. The molecular formula is C18H21N3O2S. The average Bonchev–Trinajstić information content (AvgIpc) is 3.22. The summed E-state index contributed by atoms with van der Waals surface area (Å²) in [6.07, 6.45) is 6.94. The molecule has 1 N–H and O–H groups in total. The van der Waals surface area contributed by atoms with E-state index >= 15 is 0 Å². The highest BCUT2D eigenvalue weighted by Gasteiger charge is 2.21. The van der Waals surface area contributed by atoms with E-state index in [0.29, 0.717) is 19.0 Å². The molecule has 0 spiro atoms. The molecule has 0 amide bonds. The fourth-order valence-electron chi connectivity index (χ4n) is 3.42. The molecule has 3 aromatic heterocycles. The van der Waals surface area contributed by atoms with Crippen molar-refractivity contribution in [3.63, 3.8) is 0 Å². The Bertz CT molecular complexity index is 909. The maximum absolute atomic E-state index is 13.0. The van der Waals surface area contributed by atoms with Gasteiger partial charge in [0.15, 0.2) is 0 Å². The van der Waals surface area contributed by atoms with E-state index in [4.69, 9.17) is 9.40 Å². The van der Waals surface area contributed by atoms with Crippen LogP contribution < -0.4 is 10.9 Å². The van der Waals surface area contributed by atoms with Crippen LogP contribution in [0.4, 0.5) is 5.95 Å². The van der Waals surface area contributed by atoms with E-state index in [1.165, 1.54) is 23.3 Å². The number of hydrogen-bond acceptors (Lipinski definition) is 5. The van der Waals surface area contributed by atoms with Crippen LogP contribution >= 0.6 is 11.3 Å². The van der Waals surface area contributed by atoms with Crippen LogP contribution in [0.1, 0.15) is 36.0 Å². The summed E-state index contributed by atoms with van der Waals surface area (Å²) in [6, 6.07) is 3.84. The standard InChI is InChI=1S/C18H21N3O2S/c1-2-21-17(22)15-13-7-3-4-8-14(13)24-16(15)20-18(21)19-10-9-12-6-5-11-23-12/h5-6,11H,2-4,7-10H2,1H3,(H,19,20). The normalized spacial score (nSPS) is 14.0. The lowest BCUT2D eigenvalue weighted by atomic mass is 9.97. The zero-order chi connectivity index (χ0) is 16.5. The molecule has 0 bridgehead atoms. The number of fused-ring (bicyclic) bond motifs is 3. The molecule has 0 aromatic carbocycles. The minimum absolute atomic E-state index is 0.0994. The van der Waals surface area contributed by atoms with E-state index in [1.54, 1.807) is 22.2 Å². The number of rotatable bonds is 5. The number of anilines is 1. The zero-order valence-electron chi connectivity index (χ0n) is 13.8. The van der Waals surface area contributed by atoms with E-state index in [0.717, 1.165) is 35.2 Å². The summed E-state index contributed by atoms with van der Waals surface area (Å²) < 4.78 is 7.11. The van der Waals surface area contributed by atoms with Gasteiger partial charge < -0.3 is 9.73 Å². The lowest BCUT2D eigenvalue weighted by molar-refractivity contribution is 0.512. The molecule has 0 saturated heterocycles. The fourth-order valence-corrected chi connectivity index (χ4v) is 4.67. The molecular weight excluding hydrogens is 322 g/mol.